The molecule has 0 bridgehead atoms. The van der Waals surface area contributed by atoms with Gasteiger partial charge >= 0.3 is 0 Å². The highest BCUT2D eigenvalue weighted by Crippen LogP contribution is 2.24. The Bertz CT molecular complexity index is 719. The average Bonchev–Trinajstić information content (AvgIpc) is 3.03. The largest absolute Gasteiger partial charge is 0.325 e. The van der Waals surface area contributed by atoms with E-state index in [1.807, 2.05) is 35.3 Å². The summed E-state index contributed by atoms with van der Waals surface area (Å²) < 4.78 is 2.18. The van der Waals surface area contributed by atoms with E-state index in [9.17, 15) is 4.79 Å². The molecule has 1 aromatic heterocycles. The Morgan fingerprint density at radius 1 is 1.08 bits per heavy atom. The summed E-state index contributed by atoms with van der Waals surface area (Å²) in [4.78, 5) is 17.5. The SMILES string of the molecule is O=C(NN1CCCCC1)c1nc(-c2ccccc2)n2c1CNCC2. The van der Waals surface area contributed by atoms with Crippen LogP contribution in [-0.4, -0.2) is 40.1 Å². The van der Waals surface area contributed by atoms with Crippen LogP contribution in [0.15, 0.2) is 30.3 Å². The standard InChI is InChI=1S/C18H23N5O/c24-18(21-22-10-5-2-6-11-22)16-15-13-19-9-12-23(15)17(20-16)14-7-3-1-4-8-14/h1,3-4,7-8,19H,2,5-6,9-13H2,(H,21,24). The van der Waals surface area contributed by atoms with Gasteiger partial charge < -0.3 is 9.88 Å². The van der Waals surface area contributed by atoms with Gasteiger partial charge in [-0.1, -0.05) is 36.8 Å². The second-order valence-corrected chi connectivity index (χ2v) is 6.41. The van der Waals surface area contributed by atoms with Gasteiger partial charge in [0.2, 0.25) is 0 Å². The number of hydrogen-bond donors (Lipinski definition) is 2. The fraction of sp³-hybridized carbons (Fsp3) is 0.444. The van der Waals surface area contributed by atoms with Crippen LogP contribution in [0.25, 0.3) is 11.4 Å². The number of amides is 1. The molecular weight excluding hydrogens is 302 g/mol. The van der Waals surface area contributed by atoms with Crippen molar-refractivity contribution in [3.05, 3.63) is 41.7 Å². The summed E-state index contributed by atoms with van der Waals surface area (Å²) in [5.74, 6) is 0.794. The third kappa shape index (κ3) is 2.95. The predicted molar refractivity (Wildman–Crippen MR) is 92.3 cm³/mol. The molecule has 1 saturated heterocycles. The number of carbonyl (C=O) groups excluding carboxylic acids is 1. The monoisotopic (exact) mass is 325 g/mol. The molecule has 6 nitrogen and oxygen atoms in total. The molecule has 1 amide bonds. The molecule has 126 valence electrons. The molecule has 0 spiro atoms. The summed E-state index contributed by atoms with van der Waals surface area (Å²) in [5, 5.41) is 5.37. The van der Waals surface area contributed by atoms with Gasteiger partial charge in [-0.25, -0.2) is 9.99 Å². The third-order valence-corrected chi connectivity index (χ3v) is 4.74. The predicted octanol–water partition coefficient (Wildman–Crippen LogP) is 1.78. The average molecular weight is 325 g/mol. The number of rotatable bonds is 3. The van der Waals surface area contributed by atoms with Crippen molar-refractivity contribution in [1.29, 1.82) is 0 Å². The van der Waals surface area contributed by atoms with E-state index in [2.05, 4.69) is 15.3 Å². The minimum Gasteiger partial charge on any atom is -0.325 e. The van der Waals surface area contributed by atoms with Crippen LogP contribution < -0.4 is 10.7 Å². The van der Waals surface area contributed by atoms with Crippen molar-refractivity contribution in [2.75, 3.05) is 19.6 Å². The number of imidazole rings is 1. The Morgan fingerprint density at radius 2 is 1.88 bits per heavy atom. The van der Waals surface area contributed by atoms with Crippen LogP contribution in [0.2, 0.25) is 0 Å². The molecule has 1 fully saturated rings. The Labute approximate surface area is 141 Å². The normalized spacial score (nSPS) is 18.2. The number of hydrogen-bond acceptors (Lipinski definition) is 4. The first-order chi connectivity index (χ1) is 11.8. The van der Waals surface area contributed by atoms with Crippen LogP contribution in [0.1, 0.15) is 35.4 Å². The third-order valence-electron chi connectivity index (χ3n) is 4.74. The Kier molecular flexibility index (Phi) is 4.32. The summed E-state index contributed by atoms with van der Waals surface area (Å²) in [7, 11) is 0. The Hall–Kier alpha value is -2.18. The fourth-order valence-electron chi connectivity index (χ4n) is 3.50. The summed E-state index contributed by atoms with van der Waals surface area (Å²) in [6.07, 6.45) is 3.52. The van der Waals surface area contributed by atoms with Crippen molar-refractivity contribution in [2.45, 2.75) is 32.4 Å². The molecule has 1 aromatic carbocycles. The number of fused-ring (bicyclic) bond motifs is 1. The molecule has 0 atom stereocenters. The Morgan fingerprint density at radius 3 is 2.67 bits per heavy atom. The first kappa shape index (κ1) is 15.4. The quantitative estimate of drug-likeness (QED) is 0.903. The molecule has 3 heterocycles. The molecule has 2 aliphatic rings. The molecule has 0 saturated carbocycles. The fourth-order valence-corrected chi connectivity index (χ4v) is 3.50. The van der Waals surface area contributed by atoms with Gasteiger partial charge in [-0.15, -0.1) is 0 Å². The summed E-state index contributed by atoms with van der Waals surface area (Å²) in [6.45, 7) is 4.26. The summed E-state index contributed by atoms with van der Waals surface area (Å²) in [6, 6.07) is 10.1. The molecule has 0 unspecified atom stereocenters. The minimum atomic E-state index is -0.0912. The molecule has 6 heteroatoms. The number of nitrogens with zero attached hydrogens (tertiary/aromatic N) is 3. The maximum Gasteiger partial charge on any atom is 0.286 e. The van der Waals surface area contributed by atoms with Crippen LogP contribution in [0.3, 0.4) is 0 Å². The molecule has 4 rings (SSSR count). The van der Waals surface area contributed by atoms with Gasteiger partial charge in [0, 0.05) is 38.3 Å². The van der Waals surface area contributed by atoms with E-state index in [-0.39, 0.29) is 5.91 Å². The van der Waals surface area contributed by atoms with E-state index in [0.717, 1.165) is 56.1 Å². The van der Waals surface area contributed by atoms with Gasteiger partial charge in [0.15, 0.2) is 5.69 Å². The van der Waals surface area contributed by atoms with E-state index in [0.29, 0.717) is 12.2 Å². The zero-order valence-corrected chi connectivity index (χ0v) is 13.8. The van der Waals surface area contributed by atoms with Crippen molar-refractivity contribution in [2.24, 2.45) is 0 Å². The van der Waals surface area contributed by atoms with Gasteiger partial charge in [-0.05, 0) is 12.8 Å². The molecular formula is C18H23N5O. The van der Waals surface area contributed by atoms with E-state index in [4.69, 9.17) is 4.98 Å². The smallest absolute Gasteiger partial charge is 0.286 e. The highest BCUT2D eigenvalue weighted by Gasteiger charge is 2.26. The van der Waals surface area contributed by atoms with Crippen molar-refractivity contribution in [3.8, 4) is 11.4 Å². The summed E-state index contributed by atoms with van der Waals surface area (Å²) >= 11 is 0. The first-order valence-corrected chi connectivity index (χ1v) is 8.74. The van der Waals surface area contributed by atoms with Gasteiger partial charge in [-0.3, -0.25) is 10.2 Å². The first-order valence-electron chi connectivity index (χ1n) is 8.74. The van der Waals surface area contributed by atoms with Gasteiger partial charge in [-0.2, -0.15) is 0 Å². The van der Waals surface area contributed by atoms with Crippen LogP contribution in [-0.2, 0) is 13.1 Å². The van der Waals surface area contributed by atoms with Crippen molar-refractivity contribution in [3.63, 3.8) is 0 Å². The molecule has 0 radical (unpaired) electrons. The topological polar surface area (TPSA) is 62.2 Å². The van der Waals surface area contributed by atoms with Gasteiger partial charge in [0.1, 0.15) is 5.82 Å². The van der Waals surface area contributed by atoms with Gasteiger partial charge in [0.05, 0.1) is 5.69 Å². The van der Waals surface area contributed by atoms with Crippen LogP contribution >= 0.6 is 0 Å². The highest BCUT2D eigenvalue weighted by atomic mass is 16.2. The lowest BCUT2D eigenvalue weighted by atomic mass is 10.2. The number of benzene rings is 1. The minimum absolute atomic E-state index is 0.0912. The van der Waals surface area contributed by atoms with E-state index in [1.54, 1.807) is 0 Å². The number of nitrogens with one attached hydrogen (secondary N) is 2. The second-order valence-electron chi connectivity index (χ2n) is 6.41. The number of aromatic nitrogens is 2. The maximum atomic E-state index is 12.8. The molecule has 2 aliphatic heterocycles. The van der Waals surface area contributed by atoms with Crippen LogP contribution in [0, 0.1) is 0 Å². The van der Waals surface area contributed by atoms with E-state index >= 15 is 0 Å². The molecule has 2 N–H and O–H groups in total. The summed E-state index contributed by atoms with van der Waals surface area (Å²) in [5.41, 5.74) is 5.62. The van der Waals surface area contributed by atoms with Gasteiger partial charge in [0.25, 0.3) is 5.91 Å². The zero-order chi connectivity index (χ0) is 16.4. The van der Waals surface area contributed by atoms with Crippen molar-refractivity contribution >= 4 is 5.91 Å². The maximum absolute atomic E-state index is 12.8. The number of carbonyl (C=O) groups is 1. The lowest BCUT2D eigenvalue weighted by Gasteiger charge is -2.26. The van der Waals surface area contributed by atoms with Crippen LogP contribution in [0.4, 0.5) is 0 Å². The van der Waals surface area contributed by atoms with E-state index < -0.39 is 0 Å². The molecule has 24 heavy (non-hydrogen) atoms. The second kappa shape index (κ2) is 6.75. The number of piperidine rings is 1. The molecule has 2 aromatic rings. The molecule has 0 aliphatic carbocycles. The van der Waals surface area contributed by atoms with Crippen LogP contribution in [0.5, 0.6) is 0 Å². The zero-order valence-electron chi connectivity index (χ0n) is 13.8. The lowest BCUT2D eigenvalue weighted by molar-refractivity contribution is 0.0743. The highest BCUT2D eigenvalue weighted by molar-refractivity contribution is 5.94. The Balaban J connectivity index is 1.65. The number of hydrazine groups is 1. The van der Waals surface area contributed by atoms with Crippen molar-refractivity contribution < 1.29 is 4.79 Å². The van der Waals surface area contributed by atoms with E-state index in [1.165, 1.54) is 6.42 Å². The lowest BCUT2D eigenvalue weighted by Crippen LogP contribution is -2.45. The van der Waals surface area contributed by atoms with Crippen molar-refractivity contribution in [1.82, 2.24) is 25.3 Å².